The van der Waals surface area contributed by atoms with Crippen LogP contribution in [0.4, 0.5) is 0 Å². The van der Waals surface area contributed by atoms with Gasteiger partial charge in [0.1, 0.15) is 65.5 Å². The number of aromatic hydroxyl groups is 3. The molecule has 0 radical (unpaired) electrons. The molecule has 2 saturated heterocycles. The van der Waals surface area contributed by atoms with Gasteiger partial charge in [-0.25, -0.2) is 0 Å². The molecule has 2 aliphatic rings. The van der Waals surface area contributed by atoms with Gasteiger partial charge < -0.3 is 69.6 Å². The van der Waals surface area contributed by atoms with Gasteiger partial charge >= 0.3 is 0 Å². The van der Waals surface area contributed by atoms with Gasteiger partial charge in [-0.15, -0.1) is 0 Å². The highest BCUT2D eigenvalue weighted by Gasteiger charge is 2.47. The Kier molecular flexibility index (Phi) is 10.3. The average molecular weight is 613 g/mol. The number of phenolic OH excluding ortho intramolecular Hbond substituents is 3. The molecule has 43 heavy (non-hydrogen) atoms. The molecule has 2 aromatic carbocycles. The minimum absolute atomic E-state index is 0.105. The molecule has 0 spiro atoms. The Morgan fingerprint density at radius 2 is 1.42 bits per heavy atom. The van der Waals surface area contributed by atoms with Crippen molar-refractivity contribution in [2.24, 2.45) is 0 Å². The largest absolute Gasteiger partial charge is 0.507 e. The molecule has 0 amide bonds. The number of aliphatic hydroxyl groups is 6. The van der Waals surface area contributed by atoms with E-state index in [1.54, 1.807) is 6.07 Å². The summed E-state index contributed by atoms with van der Waals surface area (Å²) in [6.45, 7) is 0.931. The van der Waals surface area contributed by atoms with Gasteiger partial charge in [0.2, 0.25) is 6.29 Å². The van der Waals surface area contributed by atoms with Crippen LogP contribution in [0.5, 0.6) is 28.7 Å². The van der Waals surface area contributed by atoms with E-state index >= 15 is 0 Å². The number of carbonyl (C=O) groups excluding carboxylic acids is 1. The number of aryl methyl sites for hydroxylation is 1. The Hall–Kier alpha value is -3.25. The van der Waals surface area contributed by atoms with Crippen LogP contribution in [0.15, 0.2) is 30.3 Å². The second-order valence-electron chi connectivity index (χ2n) is 10.4. The molecule has 0 aliphatic carbocycles. The van der Waals surface area contributed by atoms with Crippen LogP contribution in [-0.2, 0) is 20.6 Å². The zero-order chi connectivity index (χ0) is 31.6. The Morgan fingerprint density at radius 3 is 2.05 bits per heavy atom. The fourth-order valence-electron chi connectivity index (χ4n) is 4.84. The number of hydrogen-bond donors (Lipinski definition) is 9. The lowest BCUT2D eigenvalue weighted by atomic mass is 9.98. The van der Waals surface area contributed by atoms with Crippen LogP contribution in [0.1, 0.15) is 29.3 Å². The van der Waals surface area contributed by atoms with Crippen molar-refractivity contribution in [1.82, 2.24) is 0 Å². The van der Waals surface area contributed by atoms with E-state index in [0.717, 1.165) is 12.1 Å². The van der Waals surface area contributed by atoms with Gasteiger partial charge in [-0.1, -0.05) is 6.07 Å². The van der Waals surface area contributed by atoms with Crippen LogP contribution in [-0.4, -0.2) is 127 Å². The Morgan fingerprint density at radius 1 is 0.791 bits per heavy atom. The fourth-order valence-corrected chi connectivity index (χ4v) is 4.84. The number of hydrogen-bond acceptors (Lipinski definition) is 15. The summed E-state index contributed by atoms with van der Waals surface area (Å²) < 4.78 is 26.8. The van der Waals surface area contributed by atoms with Crippen LogP contribution < -0.4 is 9.47 Å². The molecule has 0 aromatic heterocycles. The third-order valence-electron chi connectivity index (χ3n) is 7.39. The summed E-state index contributed by atoms with van der Waals surface area (Å²) in [5.74, 6) is -1.98. The van der Waals surface area contributed by atoms with E-state index < -0.39 is 85.3 Å². The minimum Gasteiger partial charge on any atom is -0.507 e. The number of rotatable bonds is 10. The third-order valence-corrected chi connectivity index (χ3v) is 7.39. The molecule has 6 unspecified atom stereocenters. The molecule has 0 saturated carbocycles. The molecule has 0 bridgehead atoms. The maximum Gasteiger partial charge on any atom is 0.229 e. The highest BCUT2D eigenvalue weighted by atomic mass is 16.7. The lowest BCUT2D eigenvalue weighted by molar-refractivity contribution is -0.318. The van der Waals surface area contributed by atoms with Crippen molar-refractivity contribution in [2.45, 2.75) is 81.2 Å². The summed E-state index contributed by atoms with van der Waals surface area (Å²) in [6.07, 6.45) is -15.1. The molecule has 15 heteroatoms. The predicted molar refractivity (Wildman–Crippen MR) is 143 cm³/mol. The van der Waals surface area contributed by atoms with Crippen molar-refractivity contribution in [3.8, 4) is 28.7 Å². The van der Waals surface area contributed by atoms with E-state index in [-0.39, 0.29) is 35.7 Å². The number of benzene rings is 2. The zero-order valence-corrected chi connectivity index (χ0v) is 23.3. The predicted octanol–water partition coefficient (Wildman–Crippen LogP) is -1.34. The molecule has 9 N–H and O–H groups in total. The number of ether oxygens (including phenoxy) is 5. The van der Waals surface area contributed by atoms with Gasteiger partial charge in [-0.3, -0.25) is 4.79 Å². The standard InChI is InChI=1S/C28H36O15/c1-11-21(33)23(35)25(37)27(41-11)40-10-19-22(34)24(36)26(38)28(43-19)42-13-8-16(31)20(17(32)9-13)14(29)5-3-12-4-6-18(39-2)15(30)7-12/h4,6-9,11,19,21-28,30-38H,3,5,10H2,1-2H3/t11?,19?,21-,22+,23?,24?,25?,26?,27+,28+/m0/s1. The Labute approximate surface area is 245 Å². The van der Waals surface area contributed by atoms with Crippen molar-refractivity contribution in [1.29, 1.82) is 0 Å². The summed E-state index contributed by atoms with van der Waals surface area (Å²) in [7, 11) is 1.40. The minimum atomic E-state index is -1.80. The summed E-state index contributed by atoms with van der Waals surface area (Å²) in [5, 5.41) is 92.0. The van der Waals surface area contributed by atoms with E-state index in [0.29, 0.717) is 5.56 Å². The van der Waals surface area contributed by atoms with Gasteiger partial charge in [0.25, 0.3) is 0 Å². The Bertz CT molecular complexity index is 1250. The first-order valence-corrected chi connectivity index (χ1v) is 13.4. The summed E-state index contributed by atoms with van der Waals surface area (Å²) in [5.41, 5.74) is 0.227. The second kappa shape index (κ2) is 13.6. The topological polar surface area (TPSA) is 245 Å². The summed E-state index contributed by atoms with van der Waals surface area (Å²) in [4.78, 5) is 12.8. The van der Waals surface area contributed by atoms with Crippen LogP contribution >= 0.6 is 0 Å². The fraction of sp³-hybridized carbons (Fsp3) is 0.536. The van der Waals surface area contributed by atoms with Gasteiger partial charge in [0.05, 0.1) is 19.8 Å². The van der Waals surface area contributed by atoms with Crippen molar-refractivity contribution in [3.05, 3.63) is 41.5 Å². The molecule has 238 valence electrons. The molecule has 2 heterocycles. The van der Waals surface area contributed by atoms with Crippen molar-refractivity contribution < 1.29 is 74.4 Å². The van der Waals surface area contributed by atoms with E-state index in [9.17, 15) is 50.8 Å². The highest BCUT2D eigenvalue weighted by Crippen LogP contribution is 2.36. The molecule has 15 nitrogen and oxygen atoms in total. The van der Waals surface area contributed by atoms with Gasteiger partial charge in [-0.05, 0) is 31.0 Å². The molecular weight excluding hydrogens is 576 g/mol. The van der Waals surface area contributed by atoms with Crippen LogP contribution in [0.25, 0.3) is 0 Å². The molecule has 2 aromatic rings. The summed E-state index contributed by atoms with van der Waals surface area (Å²) in [6, 6.07) is 6.60. The number of Topliss-reactive ketones (excluding diaryl/α,β-unsaturated/α-hetero) is 1. The lowest BCUT2D eigenvalue weighted by Crippen LogP contribution is -2.61. The zero-order valence-electron chi connectivity index (χ0n) is 23.3. The lowest BCUT2D eigenvalue weighted by Gasteiger charge is -2.42. The Balaban J connectivity index is 1.40. The first-order chi connectivity index (χ1) is 20.3. The van der Waals surface area contributed by atoms with Crippen LogP contribution in [0.3, 0.4) is 0 Å². The molecule has 10 atom stereocenters. The molecule has 2 aliphatic heterocycles. The summed E-state index contributed by atoms with van der Waals surface area (Å²) >= 11 is 0. The quantitative estimate of drug-likeness (QED) is 0.141. The third kappa shape index (κ3) is 7.12. The number of phenols is 3. The average Bonchev–Trinajstić information content (AvgIpc) is 2.96. The maximum absolute atomic E-state index is 12.8. The maximum atomic E-state index is 12.8. The first-order valence-electron chi connectivity index (χ1n) is 13.4. The highest BCUT2D eigenvalue weighted by molar-refractivity contribution is 6.01. The monoisotopic (exact) mass is 612 g/mol. The SMILES string of the molecule is COc1ccc(CCC(=O)c2c(O)cc(O[C@@H]3OC(CO[C@@H]4OC(C)[C@H](O)C(O)C4O)[C@@H](O)C(O)C3O)cc2O)cc1O. The van der Waals surface area contributed by atoms with Crippen molar-refractivity contribution in [3.63, 3.8) is 0 Å². The van der Waals surface area contributed by atoms with E-state index in [4.69, 9.17) is 23.7 Å². The van der Waals surface area contributed by atoms with E-state index in [1.165, 1.54) is 26.2 Å². The van der Waals surface area contributed by atoms with E-state index in [1.807, 2.05) is 0 Å². The normalized spacial score (nSPS) is 32.7. The molecule has 4 rings (SSSR count). The first kappa shape index (κ1) is 32.7. The van der Waals surface area contributed by atoms with Gasteiger partial charge in [-0.2, -0.15) is 0 Å². The van der Waals surface area contributed by atoms with Crippen LogP contribution in [0, 0.1) is 0 Å². The number of methoxy groups -OCH3 is 1. The molecular formula is C28H36O15. The van der Waals surface area contributed by atoms with Crippen molar-refractivity contribution >= 4 is 5.78 Å². The smallest absolute Gasteiger partial charge is 0.229 e. The number of aliphatic hydroxyl groups excluding tert-OH is 6. The van der Waals surface area contributed by atoms with E-state index in [2.05, 4.69) is 0 Å². The molecule has 2 fully saturated rings. The van der Waals surface area contributed by atoms with Gasteiger partial charge in [0, 0.05) is 18.6 Å². The van der Waals surface area contributed by atoms with Crippen molar-refractivity contribution in [2.75, 3.05) is 13.7 Å². The number of carbonyl (C=O) groups is 1. The second-order valence-corrected chi connectivity index (χ2v) is 10.4. The van der Waals surface area contributed by atoms with Gasteiger partial charge in [0.15, 0.2) is 23.6 Å². The van der Waals surface area contributed by atoms with Crippen LogP contribution in [0.2, 0.25) is 0 Å². The number of ketones is 1.